The van der Waals surface area contributed by atoms with Crippen molar-refractivity contribution in [1.29, 1.82) is 0 Å². The van der Waals surface area contributed by atoms with Crippen molar-refractivity contribution in [3.05, 3.63) is 63.0 Å². The number of thioether (sulfide) groups is 1. The predicted molar refractivity (Wildman–Crippen MR) is 121 cm³/mol. The minimum Gasteiger partial charge on any atom is -0.493 e. The molecule has 0 radical (unpaired) electrons. The van der Waals surface area contributed by atoms with E-state index in [0.717, 1.165) is 22.2 Å². The van der Waals surface area contributed by atoms with E-state index in [2.05, 4.69) is 20.7 Å². The molecule has 1 aliphatic rings. The molecule has 2 aromatic rings. The zero-order valence-electron chi connectivity index (χ0n) is 17.1. The highest BCUT2D eigenvalue weighted by atomic mass is 79.9. The van der Waals surface area contributed by atoms with Gasteiger partial charge in [-0.3, -0.25) is 14.5 Å². The number of amides is 2. The minimum atomic E-state index is -1.00. The van der Waals surface area contributed by atoms with Crippen LogP contribution in [0.25, 0.3) is 6.08 Å². The summed E-state index contributed by atoms with van der Waals surface area (Å²) in [5.74, 6) is -0.204. The molecule has 162 valence electrons. The van der Waals surface area contributed by atoms with Crippen LogP contribution in [0.5, 0.6) is 11.5 Å². The van der Waals surface area contributed by atoms with E-state index in [-0.39, 0.29) is 4.91 Å². The molecule has 0 N–H and O–H groups in total. The van der Waals surface area contributed by atoms with Gasteiger partial charge < -0.3 is 14.2 Å². The van der Waals surface area contributed by atoms with Crippen LogP contribution >= 0.6 is 27.7 Å². The van der Waals surface area contributed by atoms with Crippen molar-refractivity contribution in [2.45, 2.75) is 19.6 Å². The van der Waals surface area contributed by atoms with Crippen molar-refractivity contribution >= 4 is 50.9 Å². The molecule has 2 aromatic carbocycles. The summed E-state index contributed by atoms with van der Waals surface area (Å²) in [6, 6.07) is 12.2. The molecule has 0 saturated carbocycles. The largest absolute Gasteiger partial charge is 0.493 e. The van der Waals surface area contributed by atoms with Crippen molar-refractivity contribution in [1.82, 2.24) is 4.90 Å². The third-order valence-electron chi connectivity index (χ3n) is 4.56. The van der Waals surface area contributed by atoms with Crippen LogP contribution in [0.3, 0.4) is 0 Å². The molecule has 1 heterocycles. The normalized spacial score (nSPS) is 15.9. The molecule has 7 nitrogen and oxygen atoms in total. The molecule has 0 bridgehead atoms. The maximum Gasteiger partial charge on any atom is 0.328 e. The topological polar surface area (TPSA) is 82.1 Å². The third-order valence-corrected chi connectivity index (χ3v) is 6.13. The van der Waals surface area contributed by atoms with Crippen LogP contribution in [0.2, 0.25) is 0 Å². The van der Waals surface area contributed by atoms with Gasteiger partial charge in [-0.1, -0.05) is 46.3 Å². The van der Waals surface area contributed by atoms with E-state index in [4.69, 9.17) is 9.47 Å². The van der Waals surface area contributed by atoms with Gasteiger partial charge in [0.2, 0.25) is 0 Å². The van der Waals surface area contributed by atoms with Crippen LogP contribution in [0.1, 0.15) is 18.1 Å². The number of methoxy groups -OCH3 is 2. The average molecular weight is 506 g/mol. The van der Waals surface area contributed by atoms with E-state index < -0.39 is 23.2 Å². The van der Waals surface area contributed by atoms with Crippen molar-refractivity contribution in [3.8, 4) is 11.5 Å². The van der Waals surface area contributed by atoms with E-state index in [9.17, 15) is 14.4 Å². The van der Waals surface area contributed by atoms with Crippen LogP contribution in [0, 0.1) is 0 Å². The summed E-state index contributed by atoms with van der Waals surface area (Å²) in [7, 11) is 2.73. The second-order valence-corrected chi connectivity index (χ2v) is 8.40. The number of halogens is 1. The Morgan fingerprint density at radius 2 is 1.87 bits per heavy atom. The van der Waals surface area contributed by atoms with Crippen molar-refractivity contribution in [2.24, 2.45) is 0 Å². The molecule has 3 rings (SSSR count). The van der Waals surface area contributed by atoms with Crippen LogP contribution in [0.15, 0.2) is 51.8 Å². The monoisotopic (exact) mass is 505 g/mol. The second-order valence-electron chi connectivity index (χ2n) is 6.55. The average Bonchev–Trinajstić information content (AvgIpc) is 3.06. The maximum absolute atomic E-state index is 12.7. The predicted octanol–water partition coefficient (Wildman–Crippen LogP) is 4.63. The first kappa shape index (κ1) is 22.9. The first-order valence-electron chi connectivity index (χ1n) is 9.24. The van der Waals surface area contributed by atoms with Gasteiger partial charge in [0.25, 0.3) is 11.1 Å². The zero-order chi connectivity index (χ0) is 22.5. The van der Waals surface area contributed by atoms with Gasteiger partial charge in [-0.2, -0.15) is 0 Å². The van der Waals surface area contributed by atoms with E-state index in [1.54, 1.807) is 18.2 Å². The van der Waals surface area contributed by atoms with Gasteiger partial charge in [-0.25, -0.2) is 4.79 Å². The standard InChI is InChI=1S/C22H20BrNO6S/c1-13(21(26)29-3)24-20(25)19(31-22(24)27)10-15-9-17(28-2)18(11-16(15)23)30-12-14-7-5-4-6-8-14/h4-11,13H,12H2,1-3H3/b19-10+/t13-/m0/s1. The minimum absolute atomic E-state index is 0.196. The Kier molecular flexibility index (Phi) is 7.40. The Morgan fingerprint density at radius 3 is 2.52 bits per heavy atom. The quantitative estimate of drug-likeness (QED) is 0.400. The maximum atomic E-state index is 12.7. The van der Waals surface area contributed by atoms with Crippen molar-refractivity contribution < 1.29 is 28.6 Å². The highest BCUT2D eigenvalue weighted by Gasteiger charge is 2.41. The smallest absolute Gasteiger partial charge is 0.328 e. The Hall–Kier alpha value is -2.78. The fraction of sp³-hybridized carbons (Fsp3) is 0.227. The summed E-state index contributed by atoms with van der Waals surface area (Å²) in [5.41, 5.74) is 1.64. The highest BCUT2D eigenvalue weighted by molar-refractivity contribution is 9.10. The van der Waals surface area contributed by atoms with Gasteiger partial charge in [-0.15, -0.1) is 0 Å². The molecule has 1 fully saturated rings. The van der Waals surface area contributed by atoms with E-state index in [1.165, 1.54) is 21.1 Å². The highest BCUT2D eigenvalue weighted by Crippen LogP contribution is 2.38. The van der Waals surface area contributed by atoms with Crippen LogP contribution in [-0.2, 0) is 20.9 Å². The Balaban J connectivity index is 1.84. The summed E-state index contributed by atoms with van der Waals surface area (Å²) >= 11 is 4.25. The molecule has 0 aromatic heterocycles. The molecular weight excluding hydrogens is 486 g/mol. The lowest BCUT2D eigenvalue weighted by molar-refractivity contribution is -0.148. The van der Waals surface area contributed by atoms with Crippen molar-refractivity contribution in [2.75, 3.05) is 14.2 Å². The fourth-order valence-corrected chi connectivity index (χ4v) is 4.24. The molecule has 0 spiro atoms. The van der Waals surface area contributed by atoms with Gasteiger partial charge in [0.05, 0.1) is 19.1 Å². The first-order chi connectivity index (χ1) is 14.8. The Bertz CT molecular complexity index is 1040. The first-order valence-corrected chi connectivity index (χ1v) is 10.9. The number of ether oxygens (including phenoxy) is 3. The lowest BCUT2D eigenvalue weighted by Crippen LogP contribution is -2.42. The molecular formula is C22H20BrNO6S. The molecule has 1 atom stereocenters. The Morgan fingerprint density at radius 1 is 1.16 bits per heavy atom. The summed E-state index contributed by atoms with van der Waals surface area (Å²) < 4.78 is 16.6. The van der Waals surface area contributed by atoms with Crippen LogP contribution in [0.4, 0.5) is 4.79 Å². The SMILES string of the molecule is COC(=O)[C@H](C)N1C(=O)S/C(=C/c2cc(OC)c(OCc3ccccc3)cc2Br)C1=O. The lowest BCUT2D eigenvalue weighted by atomic mass is 10.1. The molecule has 31 heavy (non-hydrogen) atoms. The Labute approximate surface area is 192 Å². The summed E-state index contributed by atoms with van der Waals surface area (Å²) in [6.45, 7) is 1.82. The summed E-state index contributed by atoms with van der Waals surface area (Å²) in [5, 5.41) is -0.528. The molecule has 0 unspecified atom stereocenters. The number of nitrogens with zero attached hydrogens (tertiary/aromatic N) is 1. The van der Waals surface area contributed by atoms with Gasteiger partial charge in [0, 0.05) is 4.47 Å². The molecule has 2 amide bonds. The number of carbonyl (C=O) groups is 3. The summed E-state index contributed by atoms with van der Waals surface area (Å²) in [6.07, 6.45) is 1.57. The number of esters is 1. The van der Waals surface area contributed by atoms with Gasteiger partial charge >= 0.3 is 5.97 Å². The van der Waals surface area contributed by atoms with Gasteiger partial charge in [0.1, 0.15) is 12.6 Å². The molecule has 1 aliphatic heterocycles. The van der Waals surface area contributed by atoms with Gasteiger partial charge in [0.15, 0.2) is 11.5 Å². The lowest BCUT2D eigenvalue weighted by Gasteiger charge is -2.18. The van der Waals surface area contributed by atoms with E-state index in [1.807, 2.05) is 30.3 Å². The number of benzene rings is 2. The molecule has 1 saturated heterocycles. The van der Waals surface area contributed by atoms with E-state index >= 15 is 0 Å². The molecule has 9 heteroatoms. The third kappa shape index (κ3) is 5.11. The number of hydrogen-bond acceptors (Lipinski definition) is 7. The van der Waals surface area contributed by atoms with Crippen LogP contribution in [-0.4, -0.2) is 42.3 Å². The van der Waals surface area contributed by atoms with Crippen LogP contribution < -0.4 is 9.47 Å². The number of rotatable bonds is 7. The summed E-state index contributed by atoms with van der Waals surface area (Å²) in [4.78, 5) is 37.9. The zero-order valence-corrected chi connectivity index (χ0v) is 19.5. The van der Waals surface area contributed by atoms with Gasteiger partial charge in [-0.05, 0) is 48.0 Å². The number of hydrogen-bond donors (Lipinski definition) is 0. The van der Waals surface area contributed by atoms with E-state index in [0.29, 0.717) is 28.1 Å². The number of carbonyl (C=O) groups excluding carboxylic acids is 3. The number of imide groups is 1. The second kappa shape index (κ2) is 10.0. The molecule has 0 aliphatic carbocycles. The fourth-order valence-electron chi connectivity index (χ4n) is 2.90. The van der Waals surface area contributed by atoms with Crippen molar-refractivity contribution in [3.63, 3.8) is 0 Å².